The number of imidazole rings is 1. The maximum atomic E-state index is 13.7. The van der Waals surface area contributed by atoms with Gasteiger partial charge in [0.05, 0.1) is 22.4 Å². The molecule has 0 aliphatic carbocycles. The van der Waals surface area contributed by atoms with Gasteiger partial charge in [-0.15, -0.1) is 0 Å². The molecule has 0 saturated heterocycles. The standard InChI is InChI=1S/C39H34N6O/c1-27-7-23-35(24-8-27)44-37-5-3-4-6-38(37)45(39(44)46)36-25-21-34(22-26-36)43-33-19-17-32(18-20-33)42-31-15-13-30(14-16-31)41-29-11-9-28(40-2)10-12-29/h3-26,40-43H,1-2H3. The van der Waals surface area contributed by atoms with Crippen LogP contribution in [0.3, 0.4) is 0 Å². The van der Waals surface area contributed by atoms with Gasteiger partial charge in [-0.1, -0.05) is 29.8 Å². The van der Waals surface area contributed by atoms with E-state index in [-0.39, 0.29) is 5.69 Å². The molecule has 0 amide bonds. The molecule has 0 unspecified atom stereocenters. The topological polar surface area (TPSA) is 75.1 Å². The Hall–Kier alpha value is -6.21. The molecule has 7 aromatic rings. The van der Waals surface area contributed by atoms with Gasteiger partial charge >= 0.3 is 5.69 Å². The van der Waals surface area contributed by atoms with Gasteiger partial charge in [-0.25, -0.2) is 4.79 Å². The fourth-order valence-corrected chi connectivity index (χ4v) is 5.53. The molecule has 0 atom stereocenters. The van der Waals surface area contributed by atoms with Crippen molar-refractivity contribution < 1.29 is 0 Å². The molecule has 1 heterocycles. The minimum Gasteiger partial charge on any atom is -0.388 e. The normalized spacial score (nSPS) is 10.9. The van der Waals surface area contributed by atoms with E-state index in [1.807, 2.05) is 123 Å². The summed E-state index contributed by atoms with van der Waals surface area (Å²) in [5, 5.41) is 13.5. The van der Waals surface area contributed by atoms with Gasteiger partial charge < -0.3 is 21.3 Å². The highest BCUT2D eigenvalue weighted by atomic mass is 16.1. The number of aryl methyl sites for hydroxylation is 1. The van der Waals surface area contributed by atoms with E-state index in [1.165, 1.54) is 0 Å². The van der Waals surface area contributed by atoms with Gasteiger partial charge in [-0.05, 0) is 128 Å². The summed E-state index contributed by atoms with van der Waals surface area (Å²) < 4.78 is 3.54. The Labute approximate surface area is 267 Å². The van der Waals surface area contributed by atoms with E-state index in [0.29, 0.717) is 0 Å². The Kier molecular flexibility index (Phi) is 7.71. The maximum absolute atomic E-state index is 13.7. The lowest BCUT2D eigenvalue weighted by Gasteiger charge is -2.12. The molecule has 46 heavy (non-hydrogen) atoms. The second kappa shape index (κ2) is 12.4. The third-order valence-electron chi connectivity index (χ3n) is 7.97. The van der Waals surface area contributed by atoms with Crippen molar-refractivity contribution in [2.75, 3.05) is 28.3 Å². The summed E-state index contributed by atoms with van der Waals surface area (Å²) in [6.45, 7) is 2.04. The zero-order valence-corrected chi connectivity index (χ0v) is 25.7. The van der Waals surface area contributed by atoms with Crippen LogP contribution in [0.25, 0.3) is 22.4 Å². The van der Waals surface area contributed by atoms with Gasteiger partial charge in [0.15, 0.2) is 0 Å². The first-order valence-corrected chi connectivity index (χ1v) is 15.2. The number of aromatic nitrogens is 2. The highest BCUT2D eigenvalue weighted by molar-refractivity contribution is 5.80. The van der Waals surface area contributed by atoms with Crippen LogP contribution < -0.4 is 27.0 Å². The first kappa shape index (κ1) is 28.6. The molecule has 0 fully saturated rings. The van der Waals surface area contributed by atoms with Crippen LogP contribution in [0.1, 0.15) is 5.56 Å². The van der Waals surface area contributed by atoms with Crippen molar-refractivity contribution in [3.8, 4) is 11.4 Å². The molecule has 0 bridgehead atoms. The van der Waals surface area contributed by atoms with Crippen molar-refractivity contribution in [3.05, 3.63) is 162 Å². The third kappa shape index (κ3) is 5.94. The number of fused-ring (bicyclic) bond motifs is 1. The highest BCUT2D eigenvalue weighted by Crippen LogP contribution is 2.26. The number of anilines is 7. The lowest BCUT2D eigenvalue weighted by atomic mass is 10.2. The number of nitrogens with one attached hydrogen (secondary N) is 4. The van der Waals surface area contributed by atoms with Crippen LogP contribution in [0.2, 0.25) is 0 Å². The summed E-state index contributed by atoms with van der Waals surface area (Å²) in [5.74, 6) is 0. The average molecular weight is 603 g/mol. The van der Waals surface area contributed by atoms with Gasteiger partial charge in [0.2, 0.25) is 0 Å². The van der Waals surface area contributed by atoms with Crippen molar-refractivity contribution in [3.63, 3.8) is 0 Å². The molecular weight excluding hydrogens is 568 g/mol. The predicted molar refractivity (Wildman–Crippen MR) is 192 cm³/mol. The summed E-state index contributed by atoms with van der Waals surface area (Å²) >= 11 is 0. The van der Waals surface area contributed by atoms with Gasteiger partial charge in [-0.2, -0.15) is 0 Å². The number of hydrogen-bond donors (Lipinski definition) is 4. The van der Waals surface area contributed by atoms with Gasteiger partial charge in [0.1, 0.15) is 0 Å². The molecule has 0 spiro atoms. The van der Waals surface area contributed by atoms with E-state index in [0.717, 1.165) is 67.8 Å². The monoisotopic (exact) mass is 602 g/mol. The first-order chi connectivity index (χ1) is 22.5. The van der Waals surface area contributed by atoms with Gasteiger partial charge in [-0.3, -0.25) is 9.13 Å². The lowest BCUT2D eigenvalue weighted by molar-refractivity contribution is 0.930. The van der Waals surface area contributed by atoms with Crippen LogP contribution in [-0.2, 0) is 0 Å². The zero-order chi connectivity index (χ0) is 31.5. The number of hydrogen-bond acceptors (Lipinski definition) is 5. The number of nitrogens with zero attached hydrogens (tertiary/aromatic N) is 2. The van der Waals surface area contributed by atoms with E-state index in [2.05, 4.69) is 57.7 Å². The number of rotatable bonds is 9. The van der Waals surface area contributed by atoms with E-state index >= 15 is 0 Å². The molecule has 6 aromatic carbocycles. The van der Waals surface area contributed by atoms with Crippen molar-refractivity contribution in [1.82, 2.24) is 9.13 Å². The van der Waals surface area contributed by atoms with Crippen LogP contribution in [0.5, 0.6) is 0 Å². The second-order valence-corrected chi connectivity index (χ2v) is 11.2. The fourth-order valence-electron chi connectivity index (χ4n) is 5.53. The summed E-state index contributed by atoms with van der Waals surface area (Å²) in [6.07, 6.45) is 0. The zero-order valence-electron chi connectivity index (χ0n) is 25.7. The highest BCUT2D eigenvalue weighted by Gasteiger charge is 2.15. The van der Waals surface area contributed by atoms with Crippen molar-refractivity contribution in [2.45, 2.75) is 6.92 Å². The summed E-state index contributed by atoms with van der Waals surface area (Å²) in [5.41, 5.74) is 11.5. The van der Waals surface area contributed by atoms with E-state index in [9.17, 15) is 4.79 Å². The van der Waals surface area contributed by atoms with Crippen LogP contribution in [0, 0.1) is 6.92 Å². The van der Waals surface area contributed by atoms with Gasteiger partial charge in [0.25, 0.3) is 0 Å². The molecule has 0 aliphatic rings. The molecule has 0 saturated carbocycles. The van der Waals surface area contributed by atoms with Crippen molar-refractivity contribution in [2.24, 2.45) is 0 Å². The minimum atomic E-state index is -0.0979. The summed E-state index contributed by atoms with van der Waals surface area (Å²) in [4.78, 5) is 13.7. The second-order valence-electron chi connectivity index (χ2n) is 11.2. The van der Waals surface area contributed by atoms with Crippen molar-refractivity contribution >= 4 is 50.8 Å². The van der Waals surface area contributed by atoms with E-state index in [4.69, 9.17) is 0 Å². The van der Waals surface area contributed by atoms with Crippen LogP contribution in [0.4, 0.5) is 39.8 Å². The number of benzene rings is 6. The molecule has 0 aliphatic heterocycles. The third-order valence-corrected chi connectivity index (χ3v) is 7.97. The predicted octanol–water partition coefficient (Wildman–Crippen LogP) is 9.36. The summed E-state index contributed by atoms with van der Waals surface area (Å²) in [7, 11) is 1.91. The SMILES string of the molecule is CNc1ccc(Nc2ccc(Nc3ccc(Nc4ccc(-n5c(=O)n(-c6ccc(C)cc6)c6ccccc65)cc4)cc3)cc2)cc1. The summed E-state index contributed by atoms with van der Waals surface area (Å²) in [6, 6.07) is 48.5. The molecule has 7 rings (SSSR count). The van der Waals surface area contributed by atoms with Gasteiger partial charge in [0, 0.05) is 46.9 Å². The van der Waals surface area contributed by atoms with E-state index < -0.39 is 0 Å². The Morgan fingerprint density at radius 3 is 1.07 bits per heavy atom. The van der Waals surface area contributed by atoms with Crippen LogP contribution in [0.15, 0.2) is 150 Å². The fraction of sp³-hybridized carbons (Fsp3) is 0.0513. The molecule has 4 N–H and O–H groups in total. The first-order valence-electron chi connectivity index (χ1n) is 15.2. The molecule has 226 valence electrons. The lowest BCUT2D eigenvalue weighted by Crippen LogP contribution is -2.22. The van der Waals surface area contributed by atoms with Crippen molar-refractivity contribution in [1.29, 1.82) is 0 Å². The molecule has 7 nitrogen and oxygen atoms in total. The Morgan fingerprint density at radius 1 is 0.413 bits per heavy atom. The largest absolute Gasteiger partial charge is 0.388 e. The average Bonchev–Trinajstić information content (AvgIpc) is 3.39. The smallest absolute Gasteiger partial charge is 0.338 e. The Bertz CT molecular complexity index is 2140. The number of para-hydroxylation sites is 2. The maximum Gasteiger partial charge on any atom is 0.338 e. The molecule has 1 aromatic heterocycles. The molecule has 7 heteroatoms. The molecular formula is C39H34N6O. The Morgan fingerprint density at radius 2 is 0.717 bits per heavy atom. The quantitative estimate of drug-likeness (QED) is 0.132. The van der Waals surface area contributed by atoms with E-state index in [1.54, 1.807) is 9.13 Å². The minimum absolute atomic E-state index is 0.0979. The Balaban J connectivity index is 1.02. The molecule has 0 radical (unpaired) electrons. The van der Waals surface area contributed by atoms with Crippen LogP contribution in [-0.4, -0.2) is 16.2 Å². The van der Waals surface area contributed by atoms with Crippen LogP contribution >= 0.6 is 0 Å².